The number of aryl methyl sites for hydroxylation is 1. The molecule has 0 spiro atoms. The zero-order valence-electron chi connectivity index (χ0n) is 15.7. The lowest BCUT2D eigenvalue weighted by atomic mass is 10.3. The van der Waals surface area contributed by atoms with Crippen molar-refractivity contribution in [2.45, 2.75) is 31.6 Å². The Morgan fingerprint density at radius 2 is 1.90 bits per heavy atom. The van der Waals surface area contributed by atoms with E-state index in [1.54, 1.807) is 13.8 Å². The van der Waals surface area contributed by atoms with Gasteiger partial charge in [-0.1, -0.05) is 5.16 Å². The first kappa shape index (κ1) is 22.3. The molecular formula is C17H20N4O6S2. The molecule has 1 aromatic heterocycles. The maximum atomic E-state index is 12.3. The Morgan fingerprint density at radius 3 is 2.48 bits per heavy atom. The minimum absolute atomic E-state index is 0.00749. The average molecular weight is 441 g/mol. The number of amides is 1. The number of aromatic nitrogens is 1. The maximum absolute atomic E-state index is 12.3. The van der Waals surface area contributed by atoms with Gasteiger partial charge in [0.1, 0.15) is 5.76 Å². The highest BCUT2D eigenvalue weighted by atomic mass is 32.2. The molecule has 12 heteroatoms. The van der Waals surface area contributed by atoms with Crippen LogP contribution >= 0.6 is 12.2 Å². The number of benzene rings is 1. The van der Waals surface area contributed by atoms with Crippen LogP contribution in [0.5, 0.6) is 0 Å². The van der Waals surface area contributed by atoms with Gasteiger partial charge in [-0.3, -0.25) is 14.3 Å². The number of hydrogen-bond acceptors (Lipinski definition) is 8. The van der Waals surface area contributed by atoms with Crippen LogP contribution in [0.1, 0.15) is 25.5 Å². The average Bonchev–Trinajstić information content (AvgIpc) is 3.04. The Balaban J connectivity index is 1.88. The molecule has 29 heavy (non-hydrogen) atoms. The summed E-state index contributed by atoms with van der Waals surface area (Å²) >= 11 is 5.03. The molecule has 0 aliphatic heterocycles. The van der Waals surface area contributed by atoms with Gasteiger partial charge in [-0.2, -0.15) is 0 Å². The van der Waals surface area contributed by atoms with Gasteiger partial charge in [-0.25, -0.2) is 8.42 Å². The summed E-state index contributed by atoms with van der Waals surface area (Å²) in [4.78, 5) is 23.0. The predicted octanol–water partition coefficient (Wildman–Crippen LogP) is 1.94. The molecule has 0 fully saturated rings. The molecule has 0 atom stereocenters. The summed E-state index contributed by atoms with van der Waals surface area (Å²) < 4.78 is 36.5. The lowest BCUT2D eigenvalue weighted by Gasteiger charge is -2.10. The number of hydrogen-bond donors (Lipinski definition) is 3. The van der Waals surface area contributed by atoms with Crippen LogP contribution in [0.15, 0.2) is 39.8 Å². The molecule has 0 aliphatic rings. The first-order chi connectivity index (χ1) is 13.7. The normalized spacial score (nSPS) is 10.8. The van der Waals surface area contributed by atoms with E-state index in [1.807, 2.05) is 0 Å². The Kier molecular flexibility index (Phi) is 7.67. The highest BCUT2D eigenvalue weighted by Gasteiger charge is 2.16. The fourth-order valence-corrected chi connectivity index (χ4v) is 3.34. The van der Waals surface area contributed by atoms with E-state index < -0.39 is 21.9 Å². The molecule has 3 N–H and O–H groups in total. The first-order valence-electron chi connectivity index (χ1n) is 8.52. The van der Waals surface area contributed by atoms with Crippen molar-refractivity contribution in [1.29, 1.82) is 0 Å². The molecule has 0 unspecified atom stereocenters. The Morgan fingerprint density at radius 1 is 1.21 bits per heavy atom. The smallest absolute Gasteiger partial charge is 0.306 e. The predicted molar refractivity (Wildman–Crippen MR) is 109 cm³/mol. The van der Waals surface area contributed by atoms with Crippen molar-refractivity contribution in [2.24, 2.45) is 0 Å². The Hall–Kier alpha value is -2.99. The molecule has 10 nitrogen and oxygen atoms in total. The van der Waals surface area contributed by atoms with Crippen LogP contribution in [0.25, 0.3) is 0 Å². The lowest BCUT2D eigenvalue weighted by molar-refractivity contribution is -0.144. The van der Waals surface area contributed by atoms with Crippen LogP contribution in [0, 0.1) is 6.92 Å². The van der Waals surface area contributed by atoms with E-state index in [0.717, 1.165) is 0 Å². The highest BCUT2D eigenvalue weighted by molar-refractivity contribution is 7.92. The summed E-state index contributed by atoms with van der Waals surface area (Å²) in [5, 5.41) is 8.79. The fraction of sp³-hybridized carbons (Fsp3) is 0.294. The van der Waals surface area contributed by atoms with Crippen molar-refractivity contribution in [1.82, 2.24) is 10.5 Å². The number of thiocarbonyl (C=S) groups is 1. The number of sulfonamides is 1. The van der Waals surface area contributed by atoms with Gasteiger partial charge < -0.3 is 19.9 Å². The van der Waals surface area contributed by atoms with Crippen molar-refractivity contribution in [3.63, 3.8) is 0 Å². The molecule has 1 aromatic carbocycles. The third kappa shape index (κ3) is 7.16. The van der Waals surface area contributed by atoms with E-state index in [-0.39, 0.29) is 35.3 Å². The monoisotopic (exact) mass is 440 g/mol. The van der Waals surface area contributed by atoms with Crippen molar-refractivity contribution in [3.8, 4) is 0 Å². The van der Waals surface area contributed by atoms with Gasteiger partial charge in [0.2, 0.25) is 5.91 Å². The van der Waals surface area contributed by atoms with E-state index in [4.69, 9.17) is 21.5 Å². The lowest BCUT2D eigenvalue weighted by Crippen LogP contribution is -2.34. The molecule has 0 radical (unpaired) electrons. The number of carbonyl (C=O) groups is 2. The number of rotatable bonds is 8. The second-order valence-electron chi connectivity index (χ2n) is 5.76. The molecule has 1 amide bonds. The van der Waals surface area contributed by atoms with Gasteiger partial charge in [0, 0.05) is 18.2 Å². The van der Waals surface area contributed by atoms with E-state index in [9.17, 15) is 18.0 Å². The minimum atomic E-state index is -3.83. The van der Waals surface area contributed by atoms with Gasteiger partial charge in [0.25, 0.3) is 10.0 Å². The second kappa shape index (κ2) is 9.98. The zero-order chi connectivity index (χ0) is 21.4. The Bertz CT molecular complexity index is 986. The summed E-state index contributed by atoms with van der Waals surface area (Å²) in [6.45, 7) is 3.57. The van der Waals surface area contributed by atoms with Crippen molar-refractivity contribution >= 4 is 50.7 Å². The maximum Gasteiger partial charge on any atom is 0.306 e. The number of ether oxygens (including phenoxy) is 1. The molecule has 156 valence electrons. The fourth-order valence-electron chi connectivity index (χ4n) is 2.13. The largest absolute Gasteiger partial charge is 0.466 e. The van der Waals surface area contributed by atoms with E-state index in [0.29, 0.717) is 11.4 Å². The minimum Gasteiger partial charge on any atom is -0.466 e. The summed E-state index contributed by atoms with van der Waals surface area (Å²) in [6.07, 6.45) is -0.113. The van der Waals surface area contributed by atoms with Crippen LogP contribution in [-0.2, 0) is 24.3 Å². The van der Waals surface area contributed by atoms with Gasteiger partial charge in [-0.05, 0) is 50.3 Å². The summed E-state index contributed by atoms with van der Waals surface area (Å²) in [5.74, 6) is -0.356. The van der Waals surface area contributed by atoms with Crippen LogP contribution in [0.2, 0.25) is 0 Å². The summed E-state index contributed by atoms with van der Waals surface area (Å²) in [7, 11) is -3.83. The molecule has 0 aliphatic carbocycles. The van der Waals surface area contributed by atoms with Crippen LogP contribution in [0.3, 0.4) is 0 Å². The number of anilines is 2. The number of carbonyl (C=O) groups excluding carboxylic acids is 2. The van der Waals surface area contributed by atoms with Crippen molar-refractivity contribution in [3.05, 3.63) is 36.1 Å². The molecule has 2 aromatic rings. The SMILES string of the molecule is CCOC(=O)CCC(=O)NC(=S)Nc1ccc(S(=O)(=O)Nc2cc(C)on2)cc1. The summed E-state index contributed by atoms with van der Waals surface area (Å²) in [6, 6.07) is 7.15. The second-order valence-corrected chi connectivity index (χ2v) is 7.85. The van der Waals surface area contributed by atoms with Gasteiger partial charge in [-0.15, -0.1) is 0 Å². The van der Waals surface area contributed by atoms with Crippen LogP contribution < -0.4 is 15.4 Å². The topological polar surface area (TPSA) is 140 Å². The van der Waals surface area contributed by atoms with Gasteiger partial charge in [0.15, 0.2) is 10.9 Å². The number of esters is 1. The van der Waals surface area contributed by atoms with E-state index >= 15 is 0 Å². The molecule has 0 saturated carbocycles. The molecule has 0 bridgehead atoms. The Labute approximate surface area is 173 Å². The number of nitrogens with one attached hydrogen (secondary N) is 3. The van der Waals surface area contributed by atoms with Crippen molar-refractivity contribution in [2.75, 3.05) is 16.6 Å². The van der Waals surface area contributed by atoms with Crippen LogP contribution in [0.4, 0.5) is 11.5 Å². The quantitative estimate of drug-likeness (QED) is 0.415. The standard InChI is InChI=1S/C17H20N4O6S2/c1-3-26-16(23)9-8-15(22)19-17(28)18-12-4-6-13(7-5-12)29(24,25)21-14-10-11(2)27-20-14/h4-7,10H,3,8-9H2,1-2H3,(H,20,21)(H2,18,19,22,28). The van der Waals surface area contributed by atoms with E-state index in [2.05, 4.69) is 20.5 Å². The zero-order valence-corrected chi connectivity index (χ0v) is 17.4. The van der Waals surface area contributed by atoms with Gasteiger partial charge >= 0.3 is 5.97 Å². The molecule has 2 rings (SSSR count). The highest BCUT2D eigenvalue weighted by Crippen LogP contribution is 2.18. The van der Waals surface area contributed by atoms with E-state index in [1.165, 1.54) is 30.3 Å². The number of nitrogens with zero attached hydrogens (tertiary/aromatic N) is 1. The summed E-state index contributed by atoms with van der Waals surface area (Å²) in [5.41, 5.74) is 0.469. The third-order valence-corrected chi connectivity index (χ3v) is 4.98. The first-order valence-corrected chi connectivity index (χ1v) is 10.4. The third-order valence-electron chi connectivity index (χ3n) is 3.40. The van der Waals surface area contributed by atoms with Crippen LogP contribution in [-0.4, -0.2) is 37.2 Å². The molecule has 1 heterocycles. The molecule has 0 saturated heterocycles. The molecular weight excluding hydrogens is 420 g/mol. The van der Waals surface area contributed by atoms with Gasteiger partial charge in [0.05, 0.1) is 17.9 Å². The van der Waals surface area contributed by atoms with Crippen molar-refractivity contribution < 1.29 is 27.3 Å².